The SMILES string of the molecule is CN1CC[C@@H](c2ccccc2)[C@@H]1C(C)(C)C. The monoisotopic (exact) mass is 217 g/mol. The number of hydrogen-bond donors (Lipinski definition) is 0. The van der Waals surface area contributed by atoms with E-state index in [4.69, 9.17) is 0 Å². The van der Waals surface area contributed by atoms with Crippen molar-refractivity contribution in [1.82, 2.24) is 4.90 Å². The van der Waals surface area contributed by atoms with Gasteiger partial charge < -0.3 is 4.90 Å². The summed E-state index contributed by atoms with van der Waals surface area (Å²) in [6, 6.07) is 11.6. The molecular formula is C15H23N. The Balaban J connectivity index is 2.28. The normalized spacial score (nSPS) is 27.2. The summed E-state index contributed by atoms with van der Waals surface area (Å²) in [5, 5.41) is 0. The van der Waals surface area contributed by atoms with Crippen molar-refractivity contribution >= 4 is 0 Å². The second-order valence-electron chi connectivity index (χ2n) is 6.10. The van der Waals surface area contributed by atoms with Gasteiger partial charge in [-0.2, -0.15) is 0 Å². The number of nitrogens with zero attached hydrogens (tertiary/aromatic N) is 1. The van der Waals surface area contributed by atoms with Gasteiger partial charge in [0.2, 0.25) is 0 Å². The van der Waals surface area contributed by atoms with E-state index >= 15 is 0 Å². The third-order valence-electron chi connectivity index (χ3n) is 3.76. The molecule has 0 unspecified atom stereocenters. The number of benzene rings is 1. The summed E-state index contributed by atoms with van der Waals surface area (Å²) >= 11 is 0. The highest BCUT2D eigenvalue weighted by atomic mass is 15.2. The fourth-order valence-electron chi connectivity index (χ4n) is 3.26. The molecule has 0 bridgehead atoms. The average molecular weight is 217 g/mol. The van der Waals surface area contributed by atoms with Crippen LogP contribution in [0, 0.1) is 5.41 Å². The van der Waals surface area contributed by atoms with Gasteiger partial charge in [0.25, 0.3) is 0 Å². The predicted octanol–water partition coefficient (Wildman–Crippen LogP) is 3.52. The van der Waals surface area contributed by atoms with Gasteiger partial charge in [0.15, 0.2) is 0 Å². The molecule has 0 aromatic heterocycles. The zero-order valence-corrected chi connectivity index (χ0v) is 10.9. The molecule has 2 atom stereocenters. The fourth-order valence-corrected chi connectivity index (χ4v) is 3.26. The molecule has 1 aliphatic heterocycles. The molecule has 16 heavy (non-hydrogen) atoms. The summed E-state index contributed by atoms with van der Waals surface area (Å²) in [6.45, 7) is 8.29. The van der Waals surface area contributed by atoms with Crippen LogP contribution in [-0.2, 0) is 0 Å². The van der Waals surface area contributed by atoms with Crippen molar-refractivity contribution in [3.05, 3.63) is 35.9 Å². The highest BCUT2D eigenvalue weighted by Gasteiger charge is 2.40. The summed E-state index contributed by atoms with van der Waals surface area (Å²) < 4.78 is 0. The topological polar surface area (TPSA) is 3.24 Å². The molecule has 0 N–H and O–H groups in total. The molecule has 88 valence electrons. The van der Waals surface area contributed by atoms with Crippen LogP contribution in [0.3, 0.4) is 0 Å². The first kappa shape index (κ1) is 11.7. The Bertz CT molecular complexity index is 336. The predicted molar refractivity (Wildman–Crippen MR) is 69.7 cm³/mol. The van der Waals surface area contributed by atoms with Crippen LogP contribution in [0.1, 0.15) is 38.7 Å². The van der Waals surface area contributed by atoms with Gasteiger partial charge >= 0.3 is 0 Å². The third-order valence-corrected chi connectivity index (χ3v) is 3.76. The molecule has 1 heterocycles. The quantitative estimate of drug-likeness (QED) is 0.695. The Labute approximate surface area is 99.5 Å². The van der Waals surface area contributed by atoms with Gasteiger partial charge in [0, 0.05) is 12.0 Å². The summed E-state index contributed by atoms with van der Waals surface area (Å²) in [5.74, 6) is 0.700. The van der Waals surface area contributed by atoms with Crippen LogP contribution >= 0.6 is 0 Å². The van der Waals surface area contributed by atoms with Crippen molar-refractivity contribution in [1.29, 1.82) is 0 Å². The van der Waals surface area contributed by atoms with E-state index in [1.165, 1.54) is 18.5 Å². The zero-order chi connectivity index (χ0) is 11.8. The maximum absolute atomic E-state index is 2.53. The summed E-state index contributed by atoms with van der Waals surface area (Å²) in [6.07, 6.45) is 1.29. The third kappa shape index (κ3) is 2.15. The second kappa shape index (κ2) is 4.21. The molecule has 2 rings (SSSR count). The van der Waals surface area contributed by atoms with Crippen molar-refractivity contribution in [2.45, 2.75) is 39.2 Å². The average Bonchev–Trinajstić information content (AvgIpc) is 2.61. The van der Waals surface area contributed by atoms with E-state index < -0.39 is 0 Å². The minimum Gasteiger partial charge on any atom is -0.302 e. The number of rotatable bonds is 1. The maximum Gasteiger partial charge on any atom is 0.0210 e. The standard InChI is InChI=1S/C15H23N/c1-15(2,3)14-13(10-11-16(14)4)12-8-6-5-7-9-12/h5-9,13-14H,10-11H2,1-4H3/t13-,14+/m0/s1. The van der Waals surface area contributed by atoms with E-state index in [9.17, 15) is 0 Å². The molecule has 1 aliphatic rings. The number of likely N-dealkylation sites (tertiary alicyclic amines) is 1. The van der Waals surface area contributed by atoms with E-state index in [1.807, 2.05) is 0 Å². The first-order valence-corrected chi connectivity index (χ1v) is 6.25. The fraction of sp³-hybridized carbons (Fsp3) is 0.600. The summed E-state index contributed by atoms with van der Waals surface area (Å²) in [7, 11) is 2.26. The van der Waals surface area contributed by atoms with Crippen LogP contribution in [-0.4, -0.2) is 24.5 Å². The van der Waals surface area contributed by atoms with Gasteiger partial charge in [0.05, 0.1) is 0 Å². The first-order valence-electron chi connectivity index (χ1n) is 6.25. The molecule has 0 saturated carbocycles. The summed E-state index contributed by atoms with van der Waals surface area (Å²) in [4.78, 5) is 2.53. The lowest BCUT2D eigenvalue weighted by molar-refractivity contribution is 0.156. The zero-order valence-electron chi connectivity index (χ0n) is 10.9. The summed E-state index contributed by atoms with van der Waals surface area (Å²) in [5.41, 5.74) is 1.86. The van der Waals surface area contributed by atoms with E-state index in [1.54, 1.807) is 0 Å². The van der Waals surface area contributed by atoms with E-state index in [0.29, 0.717) is 17.4 Å². The molecule has 1 aromatic rings. The Morgan fingerprint density at radius 3 is 2.31 bits per heavy atom. The lowest BCUT2D eigenvalue weighted by Gasteiger charge is -2.37. The second-order valence-corrected chi connectivity index (χ2v) is 6.10. The molecule has 0 aliphatic carbocycles. The van der Waals surface area contributed by atoms with Crippen molar-refractivity contribution in [2.24, 2.45) is 5.41 Å². The van der Waals surface area contributed by atoms with Gasteiger partial charge in [-0.1, -0.05) is 51.1 Å². The Morgan fingerprint density at radius 1 is 1.12 bits per heavy atom. The van der Waals surface area contributed by atoms with Crippen LogP contribution in [0.5, 0.6) is 0 Å². The van der Waals surface area contributed by atoms with Crippen LogP contribution in [0.25, 0.3) is 0 Å². The largest absolute Gasteiger partial charge is 0.302 e. The number of likely N-dealkylation sites (N-methyl/N-ethyl adjacent to an activating group) is 1. The van der Waals surface area contributed by atoms with Gasteiger partial charge in [-0.3, -0.25) is 0 Å². The van der Waals surface area contributed by atoms with Gasteiger partial charge in [-0.25, -0.2) is 0 Å². The molecule has 1 heteroatoms. The molecule has 1 nitrogen and oxygen atoms in total. The van der Waals surface area contributed by atoms with Crippen LogP contribution in [0.2, 0.25) is 0 Å². The molecule has 0 amide bonds. The van der Waals surface area contributed by atoms with E-state index in [0.717, 1.165) is 0 Å². The van der Waals surface area contributed by atoms with Crippen molar-refractivity contribution < 1.29 is 0 Å². The minimum atomic E-state index is 0.353. The van der Waals surface area contributed by atoms with Crippen molar-refractivity contribution in [2.75, 3.05) is 13.6 Å². The molecule has 1 fully saturated rings. The van der Waals surface area contributed by atoms with Crippen molar-refractivity contribution in [3.8, 4) is 0 Å². The van der Waals surface area contributed by atoms with Gasteiger partial charge in [0.1, 0.15) is 0 Å². The Hall–Kier alpha value is -0.820. The van der Waals surface area contributed by atoms with Crippen molar-refractivity contribution in [3.63, 3.8) is 0 Å². The number of hydrogen-bond acceptors (Lipinski definition) is 1. The molecule has 1 saturated heterocycles. The molecule has 0 spiro atoms. The van der Waals surface area contributed by atoms with Crippen LogP contribution in [0.4, 0.5) is 0 Å². The first-order chi connectivity index (χ1) is 7.50. The highest BCUT2D eigenvalue weighted by Crippen LogP contribution is 2.41. The highest BCUT2D eigenvalue weighted by molar-refractivity contribution is 5.23. The van der Waals surface area contributed by atoms with E-state index in [2.05, 4.69) is 63.1 Å². The minimum absolute atomic E-state index is 0.353. The van der Waals surface area contributed by atoms with Gasteiger partial charge in [-0.15, -0.1) is 0 Å². The molecular weight excluding hydrogens is 194 g/mol. The Kier molecular flexibility index (Phi) is 3.07. The molecule has 0 radical (unpaired) electrons. The molecule has 1 aromatic carbocycles. The smallest absolute Gasteiger partial charge is 0.0210 e. The lowest BCUT2D eigenvalue weighted by Crippen LogP contribution is -2.39. The van der Waals surface area contributed by atoms with Gasteiger partial charge in [-0.05, 0) is 31.0 Å². The lowest BCUT2D eigenvalue weighted by atomic mass is 9.77. The Morgan fingerprint density at radius 2 is 1.75 bits per heavy atom. The maximum atomic E-state index is 2.53. The van der Waals surface area contributed by atoms with Crippen LogP contribution < -0.4 is 0 Å². The van der Waals surface area contributed by atoms with Crippen LogP contribution in [0.15, 0.2) is 30.3 Å². The van der Waals surface area contributed by atoms with E-state index in [-0.39, 0.29) is 0 Å².